The van der Waals surface area contributed by atoms with Gasteiger partial charge in [-0.15, -0.1) is 0 Å². The Hall–Kier alpha value is -3.06. The minimum absolute atomic E-state index is 0.0812. The Morgan fingerprint density at radius 2 is 1.86 bits per heavy atom. The number of nitrogens with zero attached hydrogens (tertiary/aromatic N) is 1. The lowest BCUT2D eigenvalue weighted by molar-refractivity contribution is -0.155. The topological polar surface area (TPSA) is 88.1 Å². The molecule has 1 saturated heterocycles. The molecule has 29 heavy (non-hydrogen) atoms. The van der Waals surface area contributed by atoms with Crippen molar-refractivity contribution in [3.63, 3.8) is 0 Å². The Morgan fingerprint density at radius 1 is 1.14 bits per heavy atom. The van der Waals surface area contributed by atoms with Crippen LogP contribution in [0.5, 0.6) is 5.75 Å². The summed E-state index contributed by atoms with van der Waals surface area (Å²) in [7, 11) is 3.09. The smallest absolute Gasteiger partial charge is 0.313 e. The zero-order chi connectivity index (χ0) is 20.9. The van der Waals surface area contributed by atoms with Gasteiger partial charge >= 0.3 is 5.97 Å². The minimum atomic E-state index is -1.07. The summed E-state index contributed by atoms with van der Waals surface area (Å²) >= 11 is 0. The Bertz CT molecular complexity index is 864. The van der Waals surface area contributed by atoms with Crippen LogP contribution in [0.2, 0.25) is 0 Å². The van der Waals surface area contributed by atoms with E-state index in [9.17, 15) is 14.7 Å². The van der Waals surface area contributed by atoms with Crippen LogP contribution in [0.3, 0.4) is 0 Å². The van der Waals surface area contributed by atoms with Gasteiger partial charge in [-0.3, -0.25) is 9.59 Å². The number of hydrogen-bond acceptors (Lipinski definition) is 5. The number of para-hydroxylation sites is 1. The first-order chi connectivity index (χ1) is 14.0. The number of hydrogen-bond donors (Lipinski definition) is 2. The largest absolute Gasteiger partial charge is 0.497 e. The zero-order valence-electron chi connectivity index (χ0n) is 16.7. The van der Waals surface area contributed by atoms with Crippen molar-refractivity contribution in [2.45, 2.75) is 12.8 Å². The molecule has 0 saturated carbocycles. The molecule has 1 fully saturated rings. The van der Waals surface area contributed by atoms with Crippen LogP contribution >= 0.6 is 0 Å². The van der Waals surface area contributed by atoms with Crippen molar-refractivity contribution in [2.75, 3.05) is 39.2 Å². The number of methoxy groups -OCH3 is 2. The van der Waals surface area contributed by atoms with Crippen LogP contribution in [-0.4, -0.2) is 55.8 Å². The van der Waals surface area contributed by atoms with E-state index in [4.69, 9.17) is 9.47 Å². The van der Waals surface area contributed by atoms with Gasteiger partial charge in [0.05, 0.1) is 25.0 Å². The van der Waals surface area contributed by atoms with E-state index in [1.54, 1.807) is 24.1 Å². The van der Waals surface area contributed by atoms with Crippen molar-refractivity contribution in [1.82, 2.24) is 4.90 Å². The molecule has 7 heteroatoms. The van der Waals surface area contributed by atoms with Gasteiger partial charge in [-0.05, 0) is 49.2 Å². The number of aliphatic carboxylic acids is 1. The second kappa shape index (κ2) is 8.96. The number of piperidine rings is 1. The molecule has 0 bridgehead atoms. The molecule has 3 rings (SSSR count). The maximum absolute atomic E-state index is 13.3. The summed E-state index contributed by atoms with van der Waals surface area (Å²) in [4.78, 5) is 26.8. The number of carbonyl (C=O) groups excluding carboxylic acids is 1. The van der Waals surface area contributed by atoms with Crippen LogP contribution in [0.15, 0.2) is 48.5 Å². The van der Waals surface area contributed by atoms with E-state index in [-0.39, 0.29) is 19.1 Å². The van der Waals surface area contributed by atoms with E-state index in [0.717, 1.165) is 11.4 Å². The highest BCUT2D eigenvalue weighted by Crippen LogP contribution is 2.33. The highest BCUT2D eigenvalue weighted by Gasteiger charge is 2.44. The van der Waals surface area contributed by atoms with Gasteiger partial charge in [0.25, 0.3) is 5.91 Å². The van der Waals surface area contributed by atoms with Crippen LogP contribution in [0.25, 0.3) is 0 Å². The first kappa shape index (κ1) is 20.7. The summed E-state index contributed by atoms with van der Waals surface area (Å²) in [5.41, 5.74) is 0.924. The van der Waals surface area contributed by atoms with Crippen molar-refractivity contribution >= 4 is 23.3 Å². The summed E-state index contributed by atoms with van der Waals surface area (Å²) in [6.07, 6.45) is 1.11. The number of rotatable bonds is 7. The maximum atomic E-state index is 13.3. The van der Waals surface area contributed by atoms with E-state index in [2.05, 4.69) is 5.32 Å². The predicted molar refractivity (Wildman–Crippen MR) is 110 cm³/mol. The van der Waals surface area contributed by atoms with Gasteiger partial charge in [0.2, 0.25) is 0 Å². The molecule has 1 amide bonds. The van der Waals surface area contributed by atoms with Gasteiger partial charge in [0.1, 0.15) is 11.2 Å². The first-order valence-electron chi connectivity index (χ1n) is 9.51. The molecule has 2 aromatic rings. The average molecular weight is 398 g/mol. The van der Waals surface area contributed by atoms with Crippen LogP contribution < -0.4 is 10.1 Å². The SMILES string of the molecule is COCC1(C(=O)O)CCCN(C(=O)c2ccccc2Nc2ccc(OC)cc2)C1. The molecule has 0 radical (unpaired) electrons. The van der Waals surface area contributed by atoms with Gasteiger partial charge in [0, 0.05) is 25.9 Å². The second-order valence-electron chi connectivity index (χ2n) is 7.25. The average Bonchev–Trinajstić information content (AvgIpc) is 2.74. The number of carboxylic acids is 1. The van der Waals surface area contributed by atoms with Gasteiger partial charge in [-0.1, -0.05) is 12.1 Å². The summed E-state index contributed by atoms with van der Waals surface area (Å²) in [6, 6.07) is 14.7. The third-order valence-corrected chi connectivity index (χ3v) is 5.26. The zero-order valence-corrected chi connectivity index (χ0v) is 16.7. The number of carboxylic acid groups (broad SMARTS) is 1. The molecule has 0 aromatic heterocycles. The molecule has 0 aliphatic carbocycles. The Kier molecular flexibility index (Phi) is 6.39. The monoisotopic (exact) mass is 398 g/mol. The summed E-state index contributed by atoms with van der Waals surface area (Å²) in [5.74, 6) is -0.374. The van der Waals surface area contributed by atoms with Crippen LogP contribution in [0, 0.1) is 5.41 Å². The third kappa shape index (κ3) is 4.51. The Balaban J connectivity index is 1.83. The molecule has 1 aliphatic heterocycles. The fraction of sp³-hybridized carbons (Fsp3) is 0.364. The lowest BCUT2D eigenvalue weighted by Gasteiger charge is -2.39. The van der Waals surface area contributed by atoms with Gasteiger partial charge in [-0.25, -0.2) is 0 Å². The number of amides is 1. The molecule has 1 aliphatic rings. The Labute approximate surface area is 170 Å². The van der Waals surface area contributed by atoms with Gasteiger partial charge in [0.15, 0.2) is 0 Å². The number of benzene rings is 2. The van der Waals surface area contributed by atoms with E-state index in [0.29, 0.717) is 30.6 Å². The number of ether oxygens (including phenoxy) is 2. The quantitative estimate of drug-likeness (QED) is 0.743. The highest BCUT2D eigenvalue weighted by molar-refractivity contribution is 6.00. The summed E-state index contributed by atoms with van der Waals surface area (Å²) in [6.45, 7) is 0.734. The maximum Gasteiger partial charge on any atom is 0.313 e. The molecule has 2 aromatic carbocycles. The number of likely N-dealkylation sites (tertiary alicyclic amines) is 1. The van der Waals surface area contributed by atoms with E-state index >= 15 is 0 Å². The van der Waals surface area contributed by atoms with Gasteiger partial charge in [-0.2, -0.15) is 0 Å². The Morgan fingerprint density at radius 3 is 2.52 bits per heavy atom. The second-order valence-corrected chi connectivity index (χ2v) is 7.25. The summed E-state index contributed by atoms with van der Waals surface area (Å²) in [5, 5.41) is 13.0. The van der Waals surface area contributed by atoms with E-state index < -0.39 is 11.4 Å². The summed E-state index contributed by atoms with van der Waals surface area (Å²) < 4.78 is 10.3. The fourth-order valence-electron chi connectivity index (χ4n) is 3.71. The molecule has 0 spiro atoms. The van der Waals surface area contributed by atoms with Crippen molar-refractivity contribution in [1.29, 1.82) is 0 Å². The molecular formula is C22H26N2O5. The van der Waals surface area contributed by atoms with Crippen LogP contribution in [0.4, 0.5) is 11.4 Å². The first-order valence-corrected chi connectivity index (χ1v) is 9.51. The van der Waals surface area contributed by atoms with Crippen LogP contribution in [0.1, 0.15) is 23.2 Å². The number of carbonyl (C=O) groups is 2. The molecule has 1 unspecified atom stereocenters. The van der Waals surface area contributed by atoms with E-state index in [1.165, 1.54) is 7.11 Å². The number of anilines is 2. The van der Waals surface area contributed by atoms with Crippen molar-refractivity contribution in [2.24, 2.45) is 5.41 Å². The third-order valence-electron chi connectivity index (χ3n) is 5.26. The lowest BCUT2D eigenvalue weighted by atomic mass is 9.80. The molecular weight excluding hydrogens is 372 g/mol. The predicted octanol–water partition coefficient (Wildman–Crippen LogP) is 3.39. The molecule has 2 N–H and O–H groups in total. The van der Waals surface area contributed by atoms with Crippen molar-refractivity contribution < 1.29 is 24.2 Å². The number of nitrogens with one attached hydrogen (secondary N) is 1. The van der Waals surface area contributed by atoms with Crippen molar-refractivity contribution in [3.8, 4) is 5.75 Å². The van der Waals surface area contributed by atoms with Crippen LogP contribution in [-0.2, 0) is 9.53 Å². The normalized spacial score (nSPS) is 18.9. The lowest BCUT2D eigenvalue weighted by Crippen LogP contribution is -2.52. The van der Waals surface area contributed by atoms with Gasteiger partial charge < -0.3 is 24.8 Å². The standard InChI is InChI=1S/C22H26N2O5/c1-28-15-22(21(26)27)12-5-13-24(14-22)20(25)18-6-3-4-7-19(18)23-16-8-10-17(29-2)11-9-16/h3-4,6-11,23H,5,12-15H2,1-2H3,(H,26,27). The molecule has 154 valence electrons. The molecule has 7 nitrogen and oxygen atoms in total. The van der Waals surface area contributed by atoms with Crippen molar-refractivity contribution in [3.05, 3.63) is 54.1 Å². The highest BCUT2D eigenvalue weighted by atomic mass is 16.5. The molecule has 1 heterocycles. The fourth-order valence-corrected chi connectivity index (χ4v) is 3.71. The molecule has 1 atom stereocenters. The minimum Gasteiger partial charge on any atom is -0.497 e. The van der Waals surface area contributed by atoms with E-state index in [1.807, 2.05) is 36.4 Å².